The van der Waals surface area contributed by atoms with Crippen LogP contribution in [0.25, 0.3) is 0 Å². The molecule has 2 rings (SSSR count). The summed E-state index contributed by atoms with van der Waals surface area (Å²) in [5.41, 5.74) is 0. The van der Waals surface area contributed by atoms with E-state index < -0.39 is 0 Å². The second kappa shape index (κ2) is 5.41. The molecule has 2 aromatic heterocycles. The summed E-state index contributed by atoms with van der Waals surface area (Å²) >= 11 is 6.91. The molecular formula is C7H5IN4S3. The van der Waals surface area contributed by atoms with Crippen molar-refractivity contribution in [3.8, 4) is 0 Å². The quantitative estimate of drug-likeness (QED) is 0.472. The highest BCUT2D eigenvalue weighted by Crippen LogP contribution is 2.33. The van der Waals surface area contributed by atoms with Crippen molar-refractivity contribution in [1.82, 2.24) is 20.2 Å². The molecule has 4 nitrogen and oxygen atoms in total. The van der Waals surface area contributed by atoms with Crippen LogP contribution in [0, 0.1) is 3.57 Å². The minimum atomic E-state index is 0.913. The van der Waals surface area contributed by atoms with E-state index in [4.69, 9.17) is 0 Å². The van der Waals surface area contributed by atoms with E-state index in [2.05, 4.69) is 42.8 Å². The number of hydrogen-bond acceptors (Lipinski definition) is 7. The van der Waals surface area contributed by atoms with Gasteiger partial charge < -0.3 is 0 Å². The van der Waals surface area contributed by atoms with Gasteiger partial charge in [-0.15, -0.1) is 10.2 Å². The largest absolute Gasteiger partial charge is 0.244 e. The van der Waals surface area contributed by atoms with Crippen LogP contribution in [0.4, 0.5) is 0 Å². The highest BCUT2D eigenvalue weighted by Gasteiger charge is 2.08. The van der Waals surface area contributed by atoms with Crippen molar-refractivity contribution < 1.29 is 0 Å². The predicted molar refractivity (Wildman–Crippen MR) is 70.6 cm³/mol. The molecule has 2 heterocycles. The number of aromatic nitrogens is 4. The van der Waals surface area contributed by atoms with Gasteiger partial charge in [0.25, 0.3) is 0 Å². The summed E-state index contributed by atoms with van der Waals surface area (Å²) < 4.78 is 2.92. The molecule has 15 heavy (non-hydrogen) atoms. The molecule has 0 aliphatic rings. The van der Waals surface area contributed by atoms with Gasteiger partial charge in [0, 0.05) is 6.20 Å². The molecule has 78 valence electrons. The van der Waals surface area contributed by atoms with Gasteiger partial charge in [-0.25, -0.2) is 9.97 Å². The van der Waals surface area contributed by atoms with E-state index in [0.717, 1.165) is 17.3 Å². The van der Waals surface area contributed by atoms with Crippen LogP contribution < -0.4 is 0 Å². The van der Waals surface area contributed by atoms with Gasteiger partial charge in [-0.2, -0.15) is 0 Å². The first-order chi connectivity index (χ1) is 7.29. The summed E-state index contributed by atoms with van der Waals surface area (Å²) in [7, 11) is 0. The Kier molecular flexibility index (Phi) is 4.17. The number of halogens is 1. The highest BCUT2D eigenvalue weighted by atomic mass is 127. The molecule has 0 aliphatic heterocycles. The summed E-state index contributed by atoms with van der Waals surface area (Å²) in [5, 5.41) is 9.02. The lowest BCUT2D eigenvalue weighted by atomic mass is 10.7. The Labute approximate surface area is 113 Å². The minimum Gasteiger partial charge on any atom is -0.244 e. The molecule has 8 heteroatoms. The van der Waals surface area contributed by atoms with E-state index in [1.165, 1.54) is 11.8 Å². The lowest BCUT2D eigenvalue weighted by molar-refractivity contribution is 0.950. The molecule has 0 aromatic carbocycles. The first kappa shape index (κ1) is 11.6. The Bertz CT molecular complexity index is 461. The monoisotopic (exact) mass is 368 g/mol. The van der Waals surface area contributed by atoms with E-state index in [1.807, 2.05) is 6.26 Å². The maximum Gasteiger partial charge on any atom is 0.181 e. The van der Waals surface area contributed by atoms with E-state index in [1.54, 1.807) is 35.6 Å². The van der Waals surface area contributed by atoms with Crippen LogP contribution in [0.3, 0.4) is 0 Å². The first-order valence-corrected chi connectivity index (χ1v) is 7.74. The fraction of sp³-hybridized carbons (Fsp3) is 0.143. The van der Waals surface area contributed by atoms with Gasteiger partial charge in [-0.3, -0.25) is 0 Å². The van der Waals surface area contributed by atoms with Crippen molar-refractivity contribution >= 4 is 57.5 Å². The standard InChI is InChI=1S/C7H5IN4S3/c1-13-6-11-12-7(15-6)14-5-4(8)2-9-3-10-5/h2-3H,1H3. The smallest absolute Gasteiger partial charge is 0.181 e. The molecule has 0 saturated heterocycles. The van der Waals surface area contributed by atoms with Crippen molar-refractivity contribution in [3.05, 3.63) is 16.1 Å². The third-order valence-electron chi connectivity index (χ3n) is 1.38. The number of rotatable bonds is 3. The van der Waals surface area contributed by atoms with Crippen molar-refractivity contribution in [2.45, 2.75) is 13.7 Å². The maximum absolute atomic E-state index is 4.19. The van der Waals surface area contributed by atoms with Crippen LogP contribution in [0.15, 0.2) is 26.2 Å². The van der Waals surface area contributed by atoms with E-state index in [9.17, 15) is 0 Å². The molecule has 0 aliphatic carbocycles. The summed E-state index contributed by atoms with van der Waals surface area (Å²) in [4.78, 5) is 8.12. The summed E-state index contributed by atoms with van der Waals surface area (Å²) in [6, 6.07) is 0. The normalized spacial score (nSPS) is 10.5. The molecule has 0 saturated carbocycles. The maximum atomic E-state index is 4.19. The van der Waals surface area contributed by atoms with Crippen molar-refractivity contribution in [2.75, 3.05) is 6.26 Å². The van der Waals surface area contributed by atoms with Crippen LogP contribution in [0.2, 0.25) is 0 Å². The van der Waals surface area contributed by atoms with Gasteiger partial charge in [0.05, 0.1) is 3.57 Å². The minimum absolute atomic E-state index is 0.913. The molecule has 0 radical (unpaired) electrons. The molecule has 2 aromatic rings. The SMILES string of the molecule is CSc1nnc(Sc2ncncc2I)s1. The molecule has 0 atom stereocenters. The number of nitrogens with zero attached hydrogens (tertiary/aromatic N) is 4. The first-order valence-electron chi connectivity index (χ1n) is 3.80. The summed E-state index contributed by atoms with van der Waals surface area (Å²) in [5.74, 6) is 0. The van der Waals surface area contributed by atoms with Crippen LogP contribution in [-0.2, 0) is 0 Å². The Balaban J connectivity index is 2.18. The van der Waals surface area contributed by atoms with Gasteiger partial charge in [-0.1, -0.05) is 23.1 Å². The van der Waals surface area contributed by atoms with Crippen molar-refractivity contribution in [2.24, 2.45) is 0 Å². The Morgan fingerprint density at radius 1 is 1.33 bits per heavy atom. The van der Waals surface area contributed by atoms with Gasteiger partial charge in [0.15, 0.2) is 8.68 Å². The second-order valence-corrected chi connectivity index (χ2v) is 6.74. The molecule has 0 bridgehead atoms. The fourth-order valence-electron chi connectivity index (χ4n) is 0.780. The van der Waals surface area contributed by atoms with E-state index in [-0.39, 0.29) is 0 Å². The van der Waals surface area contributed by atoms with E-state index >= 15 is 0 Å². The summed E-state index contributed by atoms with van der Waals surface area (Å²) in [6.07, 6.45) is 5.32. The molecule has 0 N–H and O–H groups in total. The topological polar surface area (TPSA) is 51.6 Å². The third-order valence-corrected chi connectivity index (χ3v) is 5.50. The average molecular weight is 368 g/mol. The average Bonchev–Trinajstić information content (AvgIpc) is 2.69. The fourth-order valence-corrected chi connectivity index (χ4v) is 3.71. The Morgan fingerprint density at radius 2 is 2.13 bits per heavy atom. The van der Waals surface area contributed by atoms with Crippen LogP contribution in [0.5, 0.6) is 0 Å². The highest BCUT2D eigenvalue weighted by molar-refractivity contribution is 14.1. The molecule has 0 amide bonds. The zero-order chi connectivity index (χ0) is 10.7. The molecule has 0 unspecified atom stereocenters. The van der Waals surface area contributed by atoms with Gasteiger partial charge in [0.2, 0.25) is 0 Å². The zero-order valence-corrected chi connectivity index (χ0v) is 12.2. The Morgan fingerprint density at radius 3 is 2.80 bits per heavy atom. The van der Waals surface area contributed by atoms with Crippen LogP contribution in [-0.4, -0.2) is 26.4 Å². The lowest BCUT2D eigenvalue weighted by Crippen LogP contribution is -1.85. The number of thioether (sulfide) groups is 1. The predicted octanol–water partition coefficient (Wildman–Crippen LogP) is 2.81. The van der Waals surface area contributed by atoms with Gasteiger partial charge in [-0.05, 0) is 40.6 Å². The van der Waals surface area contributed by atoms with E-state index in [0.29, 0.717) is 0 Å². The van der Waals surface area contributed by atoms with Gasteiger partial charge in [0.1, 0.15) is 11.4 Å². The third kappa shape index (κ3) is 3.02. The van der Waals surface area contributed by atoms with Crippen LogP contribution in [0.1, 0.15) is 0 Å². The van der Waals surface area contributed by atoms with Crippen molar-refractivity contribution in [1.29, 1.82) is 0 Å². The molecule has 0 spiro atoms. The molecular weight excluding hydrogens is 363 g/mol. The van der Waals surface area contributed by atoms with Gasteiger partial charge >= 0.3 is 0 Å². The molecule has 0 fully saturated rings. The second-order valence-electron chi connectivity index (χ2n) is 2.32. The lowest BCUT2D eigenvalue weighted by Gasteiger charge is -1.96. The Hall–Kier alpha value is 0.0700. The zero-order valence-electron chi connectivity index (χ0n) is 7.55. The van der Waals surface area contributed by atoms with Crippen LogP contribution >= 0.6 is 57.5 Å². The summed E-state index contributed by atoms with van der Waals surface area (Å²) in [6.45, 7) is 0. The van der Waals surface area contributed by atoms with Crippen molar-refractivity contribution in [3.63, 3.8) is 0 Å². The number of hydrogen-bond donors (Lipinski definition) is 0.